The summed E-state index contributed by atoms with van der Waals surface area (Å²) in [5, 5.41) is 15.8. The number of amides is 1. The molecule has 2 aromatic rings. The molecule has 0 aliphatic carbocycles. The Morgan fingerprint density at radius 2 is 1.79 bits per heavy atom. The van der Waals surface area contributed by atoms with Gasteiger partial charge in [-0.25, -0.2) is 0 Å². The number of halogens is 4. The second-order valence-corrected chi connectivity index (χ2v) is 6.12. The number of carbonyl (C=O) groups is 1. The van der Waals surface area contributed by atoms with E-state index in [4.69, 9.17) is 51.7 Å². The second kappa shape index (κ2) is 8.27. The summed E-state index contributed by atoms with van der Waals surface area (Å²) in [5.41, 5.74) is 0.587. The van der Waals surface area contributed by atoms with Crippen LogP contribution in [0.15, 0.2) is 48.2 Å². The van der Waals surface area contributed by atoms with Crippen LogP contribution in [0.1, 0.15) is 0 Å². The topological polar surface area (TPSA) is 64.9 Å². The van der Waals surface area contributed by atoms with Crippen molar-refractivity contribution in [1.82, 2.24) is 0 Å². The van der Waals surface area contributed by atoms with Crippen molar-refractivity contribution in [3.8, 4) is 6.07 Å². The predicted octanol–water partition coefficient (Wildman–Crippen LogP) is 5.76. The number of hydrogen-bond acceptors (Lipinski definition) is 3. The molecule has 0 saturated heterocycles. The van der Waals surface area contributed by atoms with Gasteiger partial charge in [-0.05, 0) is 30.3 Å². The molecule has 0 unspecified atom stereocenters. The molecule has 24 heavy (non-hydrogen) atoms. The number of benzene rings is 2. The summed E-state index contributed by atoms with van der Waals surface area (Å²) in [6.45, 7) is 0. The van der Waals surface area contributed by atoms with E-state index in [0.717, 1.165) is 0 Å². The third kappa shape index (κ3) is 4.56. The maximum Gasteiger partial charge on any atom is 0.267 e. The van der Waals surface area contributed by atoms with Crippen molar-refractivity contribution in [2.24, 2.45) is 0 Å². The summed E-state index contributed by atoms with van der Waals surface area (Å²) in [6.07, 6.45) is 1.23. The molecular formula is C16H9Cl4N3O. The predicted molar refractivity (Wildman–Crippen MR) is 98.9 cm³/mol. The van der Waals surface area contributed by atoms with E-state index in [-0.39, 0.29) is 10.6 Å². The Hall–Kier alpha value is -1.90. The average molecular weight is 401 g/mol. The summed E-state index contributed by atoms with van der Waals surface area (Å²) >= 11 is 23.8. The van der Waals surface area contributed by atoms with E-state index in [2.05, 4.69) is 10.6 Å². The van der Waals surface area contributed by atoms with E-state index in [1.54, 1.807) is 36.4 Å². The van der Waals surface area contributed by atoms with Crippen LogP contribution in [-0.2, 0) is 4.79 Å². The molecule has 0 bridgehead atoms. The zero-order valence-corrected chi connectivity index (χ0v) is 14.9. The highest BCUT2D eigenvalue weighted by molar-refractivity contribution is 6.43. The van der Waals surface area contributed by atoms with Crippen molar-refractivity contribution in [3.05, 3.63) is 68.3 Å². The van der Waals surface area contributed by atoms with Crippen LogP contribution in [0.2, 0.25) is 20.1 Å². The highest BCUT2D eigenvalue weighted by atomic mass is 35.5. The molecule has 4 nitrogen and oxygen atoms in total. The maximum atomic E-state index is 12.2. The Balaban J connectivity index is 2.18. The van der Waals surface area contributed by atoms with Crippen LogP contribution < -0.4 is 10.6 Å². The molecule has 0 atom stereocenters. The Bertz CT molecular complexity index is 859. The number of nitrogens with one attached hydrogen (secondary N) is 2. The molecule has 2 N–H and O–H groups in total. The van der Waals surface area contributed by atoms with E-state index >= 15 is 0 Å². The zero-order chi connectivity index (χ0) is 17.7. The van der Waals surface area contributed by atoms with E-state index in [1.807, 2.05) is 0 Å². The molecule has 8 heteroatoms. The molecule has 0 aromatic heterocycles. The Morgan fingerprint density at radius 3 is 2.50 bits per heavy atom. The molecule has 0 aliphatic heterocycles. The van der Waals surface area contributed by atoms with Gasteiger partial charge < -0.3 is 10.6 Å². The summed E-state index contributed by atoms with van der Waals surface area (Å²) in [5.74, 6) is -0.646. The van der Waals surface area contributed by atoms with Crippen LogP contribution in [0.25, 0.3) is 0 Å². The standard InChI is InChI=1S/C16H9Cl4N3O/c17-10-4-5-11(18)14(6-10)23-16(24)9(7-21)8-22-13-3-1-2-12(19)15(13)20/h1-6,8,22H,(H,23,24)/b9-8-. The van der Waals surface area contributed by atoms with Gasteiger partial charge in [0, 0.05) is 11.2 Å². The average Bonchev–Trinajstić information content (AvgIpc) is 2.55. The van der Waals surface area contributed by atoms with E-state index in [9.17, 15) is 4.79 Å². The Morgan fingerprint density at radius 1 is 1.04 bits per heavy atom. The fraction of sp³-hybridized carbons (Fsp3) is 0. The van der Waals surface area contributed by atoms with Crippen molar-refractivity contribution in [1.29, 1.82) is 5.26 Å². The van der Waals surface area contributed by atoms with Gasteiger partial charge in [0.05, 0.1) is 26.4 Å². The highest BCUT2D eigenvalue weighted by Crippen LogP contribution is 2.30. The number of anilines is 2. The van der Waals surface area contributed by atoms with Crippen molar-refractivity contribution >= 4 is 63.7 Å². The minimum Gasteiger partial charge on any atom is -0.359 e. The summed E-state index contributed by atoms with van der Waals surface area (Å²) in [6, 6.07) is 11.4. The molecule has 2 aromatic carbocycles. The molecule has 0 aliphatic rings. The van der Waals surface area contributed by atoms with Crippen molar-refractivity contribution < 1.29 is 4.79 Å². The van der Waals surface area contributed by atoms with Crippen molar-refractivity contribution in [2.45, 2.75) is 0 Å². The molecular weight excluding hydrogens is 392 g/mol. The smallest absolute Gasteiger partial charge is 0.267 e. The lowest BCUT2D eigenvalue weighted by Crippen LogP contribution is -2.15. The normalized spacial score (nSPS) is 10.9. The summed E-state index contributed by atoms with van der Waals surface area (Å²) in [4.78, 5) is 12.2. The maximum absolute atomic E-state index is 12.2. The summed E-state index contributed by atoms with van der Waals surface area (Å²) in [7, 11) is 0. The first kappa shape index (κ1) is 18.4. The third-order valence-corrected chi connectivity index (χ3v) is 4.25. The minimum atomic E-state index is -0.646. The first-order valence-corrected chi connectivity index (χ1v) is 8.00. The van der Waals surface area contributed by atoms with Crippen LogP contribution >= 0.6 is 46.4 Å². The number of nitrogens with zero attached hydrogens (tertiary/aromatic N) is 1. The molecule has 0 saturated carbocycles. The monoisotopic (exact) mass is 399 g/mol. The van der Waals surface area contributed by atoms with Gasteiger partial charge >= 0.3 is 0 Å². The minimum absolute atomic E-state index is 0.179. The molecule has 0 spiro atoms. The van der Waals surface area contributed by atoms with E-state index < -0.39 is 5.91 Å². The second-order valence-electron chi connectivity index (χ2n) is 4.49. The third-order valence-electron chi connectivity index (χ3n) is 2.87. The molecule has 0 heterocycles. The first-order chi connectivity index (χ1) is 11.4. The molecule has 122 valence electrons. The SMILES string of the molecule is N#C/C(=C/Nc1cccc(Cl)c1Cl)C(=O)Nc1cc(Cl)ccc1Cl. The van der Waals surface area contributed by atoms with Gasteiger partial charge in [-0.3, -0.25) is 4.79 Å². The number of rotatable bonds is 4. The number of nitriles is 1. The lowest BCUT2D eigenvalue weighted by molar-refractivity contribution is -0.112. The largest absolute Gasteiger partial charge is 0.359 e. The van der Waals surface area contributed by atoms with Crippen LogP contribution in [0.4, 0.5) is 11.4 Å². The zero-order valence-electron chi connectivity index (χ0n) is 11.9. The number of hydrogen-bond donors (Lipinski definition) is 2. The fourth-order valence-electron chi connectivity index (χ4n) is 1.70. The van der Waals surface area contributed by atoms with Crippen LogP contribution in [-0.4, -0.2) is 5.91 Å². The van der Waals surface area contributed by atoms with Gasteiger partial charge in [0.25, 0.3) is 5.91 Å². The highest BCUT2D eigenvalue weighted by Gasteiger charge is 2.12. The van der Waals surface area contributed by atoms with Crippen LogP contribution in [0.3, 0.4) is 0 Å². The fourth-order valence-corrected chi connectivity index (χ4v) is 2.39. The van der Waals surface area contributed by atoms with E-state index in [0.29, 0.717) is 26.4 Å². The molecule has 2 rings (SSSR count). The van der Waals surface area contributed by atoms with Crippen molar-refractivity contribution in [2.75, 3.05) is 10.6 Å². The van der Waals surface area contributed by atoms with Crippen LogP contribution in [0, 0.1) is 11.3 Å². The molecule has 0 radical (unpaired) electrons. The Kier molecular flexibility index (Phi) is 6.36. The lowest BCUT2D eigenvalue weighted by Gasteiger charge is -2.08. The van der Waals surface area contributed by atoms with Gasteiger partial charge in [-0.1, -0.05) is 52.5 Å². The van der Waals surface area contributed by atoms with Gasteiger partial charge in [-0.15, -0.1) is 0 Å². The molecule has 1 amide bonds. The Labute approximate surface area is 158 Å². The number of carbonyl (C=O) groups excluding carboxylic acids is 1. The summed E-state index contributed by atoms with van der Waals surface area (Å²) < 4.78 is 0. The quantitative estimate of drug-likeness (QED) is 0.506. The van der Waals surface area contributed by atoms with Crippen LogP contribution in [0.5, 0.6) is 0 Å². The van der Waals surface area contributed by atoms with Crippen molar-refractivity contribution in [3.63, 3.8) is 0 Å². The van der Waals surface area contributed by atoms with E-state index in [1.165, 1.54) is 12.3 Å². The van der Waals surface area contributed by atoms with Gasteiger partial charge in [0.15, 0.2) is 0 Å². The van der Waals surface area contributed by atoms with Gasteiger partial charge in [-0.2, -0.15) is 5.26 Å². The molecule has 0 fully saturated rings. The first-order valence-electron chi connectivity index (χ1n) is 6.49. The van der Waals surface area contributed by atoms with Gasteiger partial charge in [0.1, 0.15) is 11.6 Å². The lowest BCUT2D eigenvalue weighted by atomic mass is 10.2. The van der Waals surface area contributed by atoms with Gasteiger partial charge in [0.2, 0.25) is 0 Å².